The van der Waals surface area contributed by atoms with Crippen LogP contribution in [0, 0.1) is 0 Å². The standard InChI is InChI=1S/C16H19NO3/c1-18-16-14(10-11-20-17)8-5-9-15(16)19-12-13-6-3-2-4-7-13/h2-9H,10-12,17H2,1H3. The van der Waals surface area contributed by atoms with Gasteiger partial charge in [-0.05, 0) is 11.6 Å². The maximum Gasteiger partial charge on any atom is 0.164 e. The van der Waals surface area contributed by atoms with Gasteiger partial charge in [0.05, 0.1) is 13.7 Å². The average Bonchev–Trinajstić information content (AvgIpc) is 2.51. The van der Waals surface area contributed by atoms with Crippen molar-refractivity contribution in [1.82, 2.24) is 0 Å². The summed E-state index contributed by atoms with van der Waals surface area (Å²) in [6, 6.07) is 15.8. The van der Waals surface area contributed by atoms with Crippen LogP contribution in [0.25, 0.3) is 0 Å². The van der Waals surface area contributed by atoms with Gasteiger partial charge < -0.3 is 14.3 Å². The number of nitrogens with two attached hydrogens (primary N) is 1. The lowest BCUT2D eigenvalue weighted by molar-refractivity contribution is 0.140. The van der Waals surface area contributed by atoms with Crippen molar-refractivity contribution in [2.75, 3.05) is 13.7 Å². The van der Waals surface area contributed by atoms with Gasteiger partial charge >= 0.3 is 0 Å². The summed E-state index contributed by atoms with van der Waals surface area (Å²) in [5.41, 5.74) is 2.13. The van der Waals surface area contributed by atoms with Gasteiger partial charge in [0.2, 0.25) is 0 Å². The SMILES string of the molecule is COc1c(CCON)cccc1OCc1ccccc1. The maximum atomic E-state index is 5.84. The molecule has 106 valence electrons. The molecule has 0 amide bonds. The molecule has 2 aromatic rings. The fraction of sp³-hybridized carbons (Fsp3) is 0.250. The summed E-state index contributed by atoms with van der Waals surface area (Å²) in [4.78, 5) is 4.62. The van der Waals surface area contributed by atoms with E-state index in [4.69, 9.17) is 15.4 Å². The van der Waals surface area contributed by atoms with Crippen LogP contribution in [0.2, 0.25) is 0 Å². The second kappa shape index (κ2) is 7.53. The maximum absolute atomic E-state index is 5.84. The third-order valence-corrected chi connectivity index (χ3v) is 2.99. The zero-order chi connectivity index (χ0) is 14.2. The van der Waals surface area contributed by atoms with Crippen molar-refractivity contribution in [2.45, 2.75) is 13.0 Å². The smallest absolute Gasteiger partial charge is 0.164 e. The molecular formula is C16H19NO3. The molecule has 2 N–H and O–H groups in total. The van der Waals surface area contributed by atoms with Crippen molar-refractivity contribution in [3.63, 3.8) is 0 Å². The fourth-order valence-electron chi connectivity index (χ4n) is 2.01. The Morgan fingerprint density at radius 2 is 1.80 bits per heavy atom. The van der Waals surface area contributed by atoms with Crippen LogP contribution in [-0.2, 0) is 17.9 Å². The molecule has 4 heteroatoms. The van der Waals surface area contributed by atoms with Gasteiger partial charge in [0, 0.05) is 12.0 Å². The quantitative estimate of drug-likeness (QED) is 0.788. The Bertz CT molecular complexity index is 529. The highest BCUT2D eigenvalue weighted by Crippen LogP contribution is 2.31. The van der Waals surface area contributed by atoms with Gasteiger partial charge in [-0.15, -0.1) is 0 Å². The second-order valence-corrected chi connectivity index (χ2v) is 4.34. The summed E-state index contributed by atoms with van der Waals surface area (Å²) in [5.74, 6) is 6.53. The summed E-state index contributed by atoms with van der Waals surface area (Å²) in [6.45, 7) is 0.951. The van der Waals surface area contributed by atoms with Crippen LogP contribution in [0.4, 0.5) is 0 Å². The Morgan fingerprint density at radius 1 is 1.00 bits per heavy atom. The average molecular weight is 273 g/mol. The molecule has 0 saturated carbocycles. The van der Waals surface area contributed by atoms with Crippen molar-refractivity contribution in [1.29, 1.82) is 0 Å². The van der Waals surface area contributed by atoms with Crippen molar-refractivity contribution < 1.29 is 14.3 Å². The third kappa shape index (κ3) is 3.73. The lowest BCUT2D eigenvalue weighted by atomic mass is 10.1. The van der Waals surface area contributed by atoms with Gasteiger partial charge in [0.25, 0.3) is 0 Å². The van der Waals surface area contributed by atoms with E-state index in [9.17, 15) is 0 Å². The molecule has 0 aliphatic rings. The molecule has 0 fully saturated rings. The minimum absolute atomic E-state index is 0.443. The van der Waals surface area contributed by atoms with Crippen LogP contribution >= 0.6 is 0 Å². The number of methoxy groups -OCH3 is 1. The summed E-state index contributed by atoms with van der Waals surface area (Å²) >= 11 is 0. The minimum Gasteiger partial charge on any atom is -0.493 e. The van der Waals surface area contributed by atoms with Gasteiger partial charge in [-0.1, -0.05) is 42.5 Å². The molecule has 0 unspecified atom stereocenters. The van der Waals surface area contributed by atoms with Gasteiger partial charge in [-0.25, -0.2) is 5.90 Å². The van der Waals surface area contributed by atoms with E-state index in [-0.39, 0.29) is 0 Å². The molecular weight excluding hydrogens is 254 g/mol. The first-order valence-electron chi connectivity index (χ1n) is 6.49. The number of hydrogen-bond donors (Lipinski definition) is 1. The summed E-state index contributed by atoms with van der Waals surface area (Å²) < 4.78 is 11.3. The highest BCUT2D eigenvalue weighted by molar-refractivity contribution is 5.46. The molecule has 4 nitrogen and oxygen atoms in total. The Hall–Kier alpha value is -2.04. The van der Waals surface area contributed by atoms with Gasteiger partial charge in [-0.2, -0.15) is 0 Å². The van der Waals surface area contributed by atoms with Crippen LogP contribution in [0.5, 0.6) is 11.5 Å². The molecule has 2 aromatic carbocycles. The van der Waals surface area contributed by atoms with Crippen molar-refractivity contribution >= 4 is 0 Å². The van der Waals surface area contributed by atoms with Crippen LogP contribution in [-0.4, -0.2) is 13.7 Å². The Balaban J connectivity index is 2.10. The predicted octanol–water partition coefficient (Wildman–Crippen LogP) is 2.71. The van der Waals surface area contributed by atoms with Crippen LogP contribution in [0.3, 0.4) is 0 Å². The molecule has 0 aliphatic heterocycles. The summed E-state index contributed by atoms with van der Waals surface area (Å²) in [6.07, 6.45) is 0.683. The third-order valence-electron chi connectivity index (χ3n) is 2.99. The van der Waals surface area contributed by atoms with E-state index in [1.165, 1.54) is 0 Å². The second-order valence-electron chi connectivity index (χ2n) is 4.34. The number of ether oxygens (including phenoxy) is 2. The Morgan fingerprint density at radius 3 is 2.50 bits per heavy atom. The number of rotatable bonds is 7. The lowest BCUT2D eigenvalue weighted by Gasteiger charge is -2.14. The molecule has 0 heterocycles. The first kappa shape index (κ1) is 14.4. The monoisotopic (exact) mass is 273 g/mol. The van der Waals surface area contributed by atoms with E-state index < -0.39 is 0 Å². The predicted molar refractivity (Wildman–Crippen MR) is 77.6 cm³/mol. The van der Waals surface area contributed by atoms with Gasteiger partial charge in [0.1, 0.15) is 6.61 Å². The first-order chi connectivity index (χ1) is 9.85. The van der Waals surface area contributed by atoms with Crippen LogP contribution < -0.4 is 15.4 Å². The van der Waals surface area contributed by atoms with Gasteiger partial charge in [0.15, 0.2) is 11.5 Å². The molecule has 0 radical (unpaired) electrons. The molecule has 0 aliphatic carbocycles. The summed E-state index contributed by atoms with van der Waals surface area (Å²) in [5, 5.41) is 0. The fourth-order valence-corrected chi connectivity index (χ4v) is 2.01. The summed E-state index contributed by atoms with van der Waals surface area (Å²) in [7, 11) is 1.64. The normalized spacial score (nSPS) is 10.3. The van der Waals surface area contributed by atoms with Crippen molar-refractivity contribution in [2.24, 2.45) is 5.90 Å². The molecule has 20 heavy (non-hydrogen) atoms. The molecule has 0 saturated heterocycles. The molecule has 2 rings (SSSR count). The van der Waals surface area contributed by atoms with E-state index in [1.807, 2.05) is 48.5 Å². The Kier molecular flexibility index (Phi) is 5.41. The van der Waals surface area contributed by atoms with Crippen molar-refractivity contribution in [3.05, 3.63) is 59.7 Å². The molecule has 0 aromatic heterocycles. The minimum atomic E-state index is 0.443. The number of hydrogen-bond acceptors (Lipinski definition) is 4. The largest absolute Gasteiger partial charge is 0.493 e. The van der Waals surface area contributed by atoms with E-state index in [1.54, 1.807) is 7.11 Å². The number of benzene rings is 2. The molecule has 0 spiro atoms. The van der Waals surface area contributed by atoms with Crippen molar-refractivity contribution in [3.8, 4) is 11.5 Å². The highest BCUT2D eigenvalue weighted by atomic mass is 16.6. The van der Waals surface area contributed by atoms with E-state index in [0.717, 1.165) is 22.6 Å². The zero-order valence-corrected chi connectivity index (χ0v) is 11.5. The van der Waals surface area contributed by atoms with Crippen LogP contribution in [0.1, 0.15) is 11.1 Å². The lowest BCUT2D eigenvalue weighted by Crippen LogP contribution is -2.06. The highest BCUT2D eigenvalue weighted by Gasteiger charge is 2.10. The number of para-hydroxylation sites is 1. The van der Waals surface area contributed by atoms with Crippen LogP contribution in [0.15, 0.2) is 48.5 Å². The zero-order valence-electron chi connectivity index (χ0n) is 11.5. The molecule has 0 atom stereocenters. The van der Waals surface area contributed by atoms with E-state index in [2.05, 4.69) is 4.84 Å². The van der Waals surface area contributed by atoms with E-state index >= 15 is 0 Å². The molecule has 0 bridgehead atoms. The van der Waals surface area contributed by atoms with E-state index in [0.29, 0.717) is 19.6 Å². The first-order valence-corrected chi connectivity index (χ1v) is 6.49. The Labute approximate surface area is 119 Å². The topological polar surface area (TPSA) is 53.7 Å². The van der Waals surface area contributed by atoms with Gasteiger partial charge in [-0.3, -0.25) is 0 Å².